The van der Waals surface area contributed by atoms with Gasteiger partial charge in [0.15, 0.2) is 0 Å². The lowest BCUT2D eigenvalue weighted by Gasteiger charge is -2.18. The van der Waals surface area contributed by atoms with Gasteiger partial charge in [-0.25, -0.2) is 0 Å². The molecule has 0 saturated heterocycles. The SMILES string of the molecule is Cc1c(N)c(C)c2c(c1Cc1ccc(C(C)C)cc1)OCC2C. The van der Waals surface area contributed by atoms with E-state index in [1.807, 2.05) is 0 Å². The minimum atomic E-state index is 0.426. The van der Waals surface area contributed by atoms with Crippen LogP contribution in [0.5, 0.6) is 5.75 Å². The van der Waals surface area contributed by atoms with Crippen LogP contribution in [0.2, 0.25) is 0 Å². The Hall–Kier alpha value is -1.96. The van der Waals surface area contributed by atoms with Crippen LogP contribution in [-0.4, -0.2) is 6.61 Å². The summed E-state index contributed by atoms with van der Waals surface area (Å²) in [6.45, 7) is 11.7. The minimum Gasteiger partial charge on any atom is -0.492 e. The van der Waals surface area contributed by atoms with E-state index in [4.69, 9.17) is 10.5 Å². The van der Waals surface area contributed by atoms with Gasteiger partial charge >= 0.3 is 0 Å². The summed E-state index contributed by atoms with van der Waals surface area (Å²) in [5.74, 6) is 2.07. The van der Waals surface area contributed by atoms with Crippen LogP contribution in [0, 0.1) is 13.8 Å². The lowest BCUT2D eigenvalue weighted by Crippen LogP contribution is -2.04. The van der Waals surface area contributed by atoms with Crippen LogP contribution in [0.4, 0.5) is 5.69 Å². The molecule has 2 N–H and O–H groups in total. The predicted molar refractivity (Wildman–Crippen MR) is 97.6 cm³/mol. The van der Waals surface area contributed by atoms with Crippen molar-refractivity contribution in [3.8, 4) is 5.75 Å². The summed E-state index contributed by atoms with van der Waals surface area (Å²) in [5, 5.41) is 0. The Morgan fingerprint density at radius 1 is 1.13 bits per heavy atom. The second-order valence-corrected chi connectivity index (χ2v) is 7.17. The van der Waals surface area contributed by atoms with Crippen molar-refractivity contribution in [2.75, 3.05) is 12.3 Å². The highest BCUT2D eigenvalue weighted by molar-refractivity contribution is 5.67. The topological polar surface area (TPSA) is 35.2 Å². The van der Waals surface area contributed by atoms with Gasteiger partial charge in [0.05, 0.1) is 6.61 Å². The molecule has 1 unspecified atom stereocenters. The lowest BCUT2D eigenvalue weighted by molar-refractivity contribution is 0.335. The fourth-order valence-electron chi connectivity index (χ4n) is 3.58. The number of benzene rings is 2. The van der Waals surface area contributed by atoms with E-state index < -0.39 is 0 Å². The zero-order valence-corrected chi connectivity index (χ0v) is 14.9. The zero-order valence-electron chi connectivity index (χ0n) is 14.9. The Kier molecular flexibility index (Phi) is 4.09. The molecule has 2 aromatic rings. The van der Waals surface area contributed by atoms with Crippen molar-refractivity contribution in [2.24, 2.45) is 0 Å². The highest BCUT2D eigenvalue weighted by Gasteiger charge is 2.28. The van der Waals surface area contributed by atoms with Gasteiger partial charge in [0.2, 0.25) is 0 Å². The summed E-state index contributed by atoms with van der Waals surface area (Å²) in [6.07, 6.45) is 0.879. The second kappa shape index (κ2) is 5.92. The van der Waals surface area contributed by atoms with Gasteiger partial charge < -0.3 is 10.5 Å². The van der Waals surface area contributed by atoms with Gasteiger partial charge in [-0.05, 0) is 42.0 Å². The lowest BCUT2D eigenvalue weighted by atomic mass is 9.88. The molecule has 1 heterocycles. The summed E-state index contributed by atoms with van der Waals surface area (Å²) < 4.78 is 6.04. The standard InChI is InChI=1S/C21H27NO/c1-12(2)17-8-6-16(7-9-17)10-18-14(4)20(22)15(5)19-13(3)11-23-21(18)19/h6-9,12-13H,10-11,22H2,1-5H3. The van der Waals surface area contributed by atoms with E-state index in [9.17, 15) is 0 Å². The average Bonchev–Trinajstić information content (AvgIpc) is 2.91. The summed E-state index contributed by atoms with van der Waals surface area (Å²) in [7, 11) is 0. The molecule has 0 bridgehead atoms. The molecule has 0 spiro atoms. The largest absolute Gasteiger partial charge is 0.492 e. The Morgan fingerprint density at radius 3 is 2.39 bits per heavy atom. The minimum absolute atomic E-state index is 0.426. The smallest absolute Gasteiger partial charge is 0.127 e. The number of nitrogens with two attached hydrogens (primary N) is 1. The van der Waals surface area contributed by atoms with Crippen LogP contribution in [-0.2, 0) is 6.42 Å². The monoisotopic (exact) mass is 309 g/mol. The van der Waals surface area contributed by atoms with E-state index in [1.165, 1.54) is 33.4 Å². The van der Waals surface area contributed by atoms with Gasteiger partial charge in [-0.15, -0.1) is 0 Å². The fraction of sp³-hybridized carbons (Fsp3) is 0.429. The number of hydrogen-bond donors (Lipinski definition) is 1. The molecule has 23 heavy (non-hydrogen) atoms. The molecule has 2 nitrogen and oxygen atoms in total. The molecular weight excluding hydrogens is 282 g/mol. The van der Waals surface area contributed by atoms with E-state index >= 15 is 0 Å². The van der Waals surface area contributed by atoms with Gasteiger partial charge in [-0.1, -0.05) is 45.0 Å². The number of anilines is 1. The van der Waals surface area contributed by atoms with Gasteiger partial charge in [0.25, 0.3) is 0 Å². The number of ether oxygens (including phenoxy) is 1. The summed E-state index contributed by atoms with van der Waals surface area (Å²) in [6, 6.07) is 8.93. The zero-order chi connectivity index (χ0) is 16.7. The van der Waals surface area contributed by atoms with Crippen LogP contribution in [0.15, 0.2) is 24.3 Å². The molecule has 1 atom stereocenters. The van der Waals surface area contributed by atoms with Crippen LogP contribution in [0.3, 0.4) is 0 Å². The molecule has 1 aliphatic heterocycles. The maximum absolute atomic E-state index is 6.38. The average molecular weight is 309 g/mol. The first-order valence-corrected chi connectivity index (χ1v) is 8.53. The normalized spacial score (nSPS) is 16.5. The molecule has 3 rings (SSSR count). The third-order valence-electron chi connectivity index (χ3n) is 5.18. The maximum atomic E-state index is 6.38. The molecule has 2 heteroatoms. The molecular formula is C21H27NO. The van der Waals surface area contributed by atoms with Crippen LogP contribution >= 0.6 is 0 Å². The number of fused-ring (bicyclic) bond motifs is 1. The Morgan fingerprint density at radius 2 is 1.78 bits per heavy atom. The van der Waals surface area contributed by atoms with E-state index in [0.29, 0.717) is 11.8 Å². The van der Waals surface area contributed by atoms with Gasteiger partial charge in [-0.3, -0.25) is 0 Å². The first-order chi connectivity index (χ1) is 10.9. The fourth-order valence-corrected chi connectivity index (χ4v) is 3.58. The molecule has 0 saturated carbocycles. The first-order valence-electron chi connectivity index (χ1n) is 8.53. The van der Waals surface area contributed by atoms with Crippen molar-refractivity contribution >= 4 is 5.69 Å². The first kappa shape index (κ1) is 15.9. The van der Waals surface area contributed by atoms with Crippen molar-refractivity contribution in [3.63, 3.8) is 0 Å². The molecule has 0 radical (unpaired) electrons. The van der Waals surface area contributed by atoms with Crippen molar-refractivity contribution in [1.29, 1.82) is 0 Å². The molecule has 0 aliphatic carbocycles. The third-order valence-corrected chi connectivity index (χ3v) is 5.18. The van der Waals surface area contributed by atoms with Crippen molar-refractivity contribution in [2.45, 2.75) is 52.9 Å². The molecule has 0 amide bonds. The quantitative estimate of drug-likeness (QED) is 0.801. The molecule has 1 aliphatic rings. The van der Waals surface area contributed by atoms with Crippen LogP contribution in [0.1, 0.15) is 66.0 Å². The number of hydrogen-bond acceptors (Lipinski definition) is 2. The van der Waals surface area contributed by atoms with Crippen LogP contribution < -0.4 is 10.5 Å². The highest BCUT2D eigenvalue weighted by atomic mass is 16.5. The molecule has 0 fully saturated rings. The van der Waals surface area contributed by atoms with E-state index in [2.05, 4.69) is 58.9 Å². The Balaban J connectivity index is 2.02. The summed E-state index contributed by atoms with van der Waals surface area (Å²) in [4.78, 5) is 0. The third kappa shape index (κ3) is 2.71. The summed E-state index contributed by atoms with van der Waals surface area (Å²) >= 11 is 0. The molecule has 0 aromatic heterocycles. The van der Waals surface area contributed by atoms with Gasteiger partial charge in [0, 0.05) is 29.2 Å². The van der Waals surface area contributed by atoms with Crippen molar-refractivity contribution < 1.29 is 4.74 Å². The van der Waals surface area contributed by atoms with Crippen molar-refractivity contribution in [3.05, 3.63) is 57.6 Å². The van der Waals surface area contributed by atoms with E-state index in [1.54, 1.807) is 0 Å². The van der Waals surface area contributed by atoms with E-state index in [0.717, 1.165) is 24.5 Å². The van der Waals surface area contributed by atoms with Crippen molar-refractivity contribution in [1.82, 2.24) is 0 Å². The highest BCUT2D eigenvalue weighted by Crippen LogP contribution is 2.44. The maximum Gasteiger partial charge on any atom is 0.127 e. The van der Waals surface area contributed by atoms with Crippen LogP contribution in [0.25, 0.3) is 0 Å². The Labute approximate surface area is 139 Å². The number of rotatable bonds is 3. The predicted octanol–water partition coefficient (Wildman–Crippen LogP) is 5.10. The molecule has 122 valence electrons. The van der Waals surface area contributed by atoms with Gasteiger partial charge in [-0.2, -0.15) is 0 Å². The summed E-state index contributed by atoms with van der Waals surface area (Å²) in [5.41, 5.74) is 14.9. The number of nitrogen functional groups attached to an aromatic ring is 1. The Bertz CT molecular complexity index is 729. The van der Waals surface area contributed by atoms with E-state index in [-0.39, 0.29) is 0 Å². The van der Waals surface area contributed by atoms with Gasteiger partial charge in [0.1, 0.15) is 5.75 Å². The second-order valence-electron chi connectivity index (χ2n) is 7.17. The molecule has 2 aromatic carbocycles.